The quantitative estimate of drug-likeness (QED) is 0.259. The first kappa shape index (κ1) is 32.7. The molecule has 0 saturated carbocycles. The van der Waals surface area contributed by atoms with Crippen molar-refractivity contribution in [3.8, 4) is 0 Å². The van der Waals surface area contributed by atoms with Crippen LogP contribution in [-0.2, 0) is 32.6 Å². The molecule has 0 bridgehead atoms. The highest BCUT2D eigenvalue weighted by Crippen LogP contribution is 2.29. The van der Waals surface area contributed by atoms with Crippen molar-refractivity contribution in [3.63, 3.8) is 0 Å². The third-order valence-corrected chi connectivity index (χ3v) is 8.67. The van der Waals surface area contributed by atoms with Crippen molar-refractivity contribution in [2.24, 2.45) is 0 Å². The second kappa shape index (κ2) is 14.4. The maximum absolute atomic E-state index is 14.1. The number of halogens is 4. The minimum atomic E-state index is -4.04. The molecule has 0 heterocycles. The van der Waals surface area contributed by atoms with Gasteiger partial charge in [0.1, 0.15) is 18.4 Å². The van der Waals surface area contributed by atoms with E-state index in [0.717, 1.165) is 28.3 Å². The van der Waals surface area contributed by atoms with Gasteiger partial charge in [0.15, 0.2) is 0 Å². The number of benzene rings is 3. The zero-order valence-electron chi connectivity index (χ0n) is 22.8. The fraction of sp³-hybridized carbons (Fsp3) is 0.310. The summed E-state index contributed by atoms with van der Waals surface area (Å²) in [6.45, 7) is 2.90. The second-order valence-electron chi connectivity index (χ2n) is 9.61. The van der Waals surface area contributed by atoms with Crippen LogP contribution in [0.25, 0.3) is 0 Å². The van der Waals surface area contributed by atoms with Crippen LogP contribution >= 0.6 is 34.8 Å². The molecule has 2 unspecified atom stereocenters. The van der Waals surface area contributed by atoms with E-state index in [9.17, 15) is 22.4 Å². The first-order valence-corrected chi connectivity index (χ1v) is 15.8. The van der Waals surface area contributed by atoms with Gasteiger partial charge in [0.05, 0.1) is 17.0 Å². The molecule has 0 fully saturated rings. The standard InChI is InChI=1S/C29H31Cl3FN3O4S/c1-4-19(2)34-29(38)27(15-20-9-6-5-7-10-20)35(17-22-23(30)11-8-12-24(22)31)28(37)18-36(41(3,39)40)21-13-14-26(33)25(32)16-21/h5-14,16,19,27H,4,15,17-18H2,1-3H3,(H,34,38). The Morgan fingerprint density at radius 2 is 1.59 bits per heavy atom. The minimum Gasteiger partial charge on any atom is -0.352 e. The molecule has 7 nitrogen and oxygen atoms in total. The molecule has 12 heteroatoms. The Bertz CT molecular complexity index is 1470. The summed E-state index contributed by atoms with van der Waals surface area (Å²) in [4.78, 5) is 29.1. The Morgan fingerprint density at radius 1 is 0.951 bits per heavy atom. The number of hydrogen-bond acceptors (Lipinski definition) is 4. The van der Waals surface area contributed by atoms with Crippen LogP contribution in [0.4, 0.5) is 10.1 Å². The van der Waals surface area contributed by atoms with Gasteiger partial charge in [-0.05, 0) is 49.2 Å². The third-order valence-electron chi connectivity index (χ3n) is 6.53. The maximum atomic E-state index is 14.1. The molecule has 1 N–H and O–H groups in total. The lowest BCUT2D eigenvalue weighted by atomic mass is 10.0. The molecule has 220 valence electrons. The number of hydrogen-bond donors (Lipinski definition) is 1. The van der Waals surface area contributed by atoms with Gasteiger partial charge in [-0.25, -0.2) is 12.8 Å². The Morgan fingerprint density at radius 3 is 2.15 bits per heavy atom. The summed E-state index contributed by atoms with van der Waals surface area (Å²) < 4.78 is 40.3. The highest BCUT2D eigenvalue weighted by Gasteiger charge is 2.34. The number of anilines is 1. The van der Waals surface area contributed by atoms with Crippen molar-refractivity contribution >= 4 is 62.3 Å². The van der Waals surface area contributed by atoms with Gasteiger partial charge in [0.2, 0.25) is 21.8 Å². The molecule has 0 aliphatic heterocycles. The van der Waals surface area contributed by atoms with Crippen LogP contribution < -0.4 is 9.62 Å². The van der Waals surface area contributed by atoms with Crippen LogP contribution in [0.3, 0.4) is 0 Å². The van der Waals surface area contributed by atoms with Gasteiger partial charge in [0, 0.05) is 34.6 Å². The van der Waals surface area contributed by atoms with Gasteiger partial charge < -0.3 is 10.2 Å². The molecular formula is C29H31Cl3FN3O4S. The molecule has 2 atom stereocenters. The van der Waals surface area contributed by atoms with Gasteiger partial charge in [-0.15, -0.1) is 0 Å². The number of carbonyl (C=O) groups is 2. The highest BCUT2D eigenvalue weighted by atomic mass is 35.5. The summed E-state index contributed by atoms with van der Waals surface area (Å²) >= 11 is 18.8. The summed E-state index contributed by atoms with van der Waals surface area (Å²) in [6, 6.07) is 16.1. The molecule has 3 rings (SSSR count). The summed E-state index contributed by atoms with van der Waals surface area (Å²) in [7, 11) is -4.04. The van der Waals surface area contributed by atoms with E-state index in [1.807, 2.05) is 44.2 Å². The topological polar surface area (TPSA) is 86.8 Å². The number of sulfonamides is 1. The molecule has 0 radical (unpaired) electrons. The monoisotopic (exact) mass is 641 g/mol. The van der Waals surface area contributed by atoms with E-state index in [-0.39, 0.29) is 39.8 Å². The van der Waals surface area contributed by atoms with Crippen molar-refractivity contribution in [1.82, 2.24) is 10.2 Å². The Hall–Kier alpha value is -2.85. The minimum absolute atomic E-state index is 0.00774. The fourth-order valence-corrected chi connectivity index (χ4v) is 5.64. The highest BCUT2D eigenvalue weighted by molar-refractivity contribution is 7.92. The summed E-state index contributed by atoms with van der Waals surface area (Å²) in [5, 5.41) is 3.19. The summed E-state index contributed by atoms with van der Waals surface area (Å²) in [5.74, 6) is -1.86. The smallest absolute Gasteiger partial charge is 0.244 e. The lowest BCUT2D eigenvalue weighted by molar-refractivity contribution is -0.140. The van der Waals surface area contributed by atoms with Gasteiger partial charge in [-0.1, -0.05) is 78.1 Å². The molecule has 0 saturated heterocycles. The van der Waals surface area contributed by atoms with Crippen LogP contribution in [0.15, 0.2) is 66.7 Å². The van der Waals surface area contributed by atoms with E-state index < -0.39 is 40.2 Å². The van der Waals surface area contributed by atoms with Gasteiger partial charge in [-0.2, -0.15) is 0 Å². The van der Waals surface area contributed by atoms with Crippen LogP contribution in [0.1, 0.15) is 31.4 Å². The molecule has 0 aromatic heterocycles. The van der Waals surface area contributed by atoms with Gasteiger partial charge in [0.25, 0.3) is 0 Å². The normalized spacial score (nSPS) is 12.9. The molecule has 41 heavy (non-hydrogen) atoms. The largest absolute Gasteiger partial charge is 0.352 e. The average molecular weight is 643 g/mol. The summed E-state index contributed by atoms with van der Waals surface area (Å²) in [6.07, 6.45) is 1.71. The zero-order valence-corrected chi connectivity index (χ0v) is 25.9. The first-order chi connectivity index (χ1) is 19.3. The first-order valence-electron chi connectivity index (χ1n) is 12.8. The number of rotatable bonds is 12. The van der Waals surface area contributed by atoms with Crippen molar-refractivity contribution in [2.75, 3.05) is 17.1 Å². The predicted octanol–water partition coefficient (Wildman–Crippen LogP) is 6.11. The van der Waals surface area contributed by atoms with Crippen molar-refractivity contribution < 1.29 is 22.4 Å². The van der Waals surface area contributed by atoms with Crippen LogP contribution in [0.2, 0.25) is 15.1 Å². The summed E-state index contributed by atoms with van der Waals surface area (Å²) in [5.41, 5.74) is 1.17. The molecule has 2 amide bonds. The SMILES string of the molecule is CCC(C)NC(=O)C(Cc1ccccc1)N(Cc1c(Cl)cccc1Cl)C(=O)CN(c1ccc(F)c(Cl)c1)S(C)(=O)=O. The number of carbonyl (C=O) groups excluding carboxylic acids is 2. The zero-order chi connectivity index (χ0) is 30.3. The molecule has 3 aromatic carbocycles. The average Bonchev–Trinajstić information content (AvgIpc) is 2.92. The van der Waals surface area contributed by atoms with E-state index in [1.54, 1.807) is 18.2 Å². The van der Waals surface area contributed by atoms with Crippen LogP contribution in [0, 0.1) is 5.82 Å². The van der Waals surface area contributed by atoms with Crippen molar-refractivity contribution in [3.05, 3.63) is 98.7 Å². The van der Waals surface area contributed by atoms with E-state index >= 15 is 0 Å². The molecule has 0 aliphatic carbocycles. The number of nitrogens with zero attached hydrogens (tertiary/aromatic N) is 2. The van der Waals surface area contributed by atoms with E-state index in [4.69, 9.17) is 34.8 Å². The third kappa shape index (κ3) is 8.82. The predicted molar refractivity (Wildman–Crippen MR) is 162 cm³/mol. The molecular weight excluding hydrogens is 612 g/mol. The number of nitrogens with one attached hydrogen (secondary N) is 1. The van der Waals surface area contributed by atoms with Crippen LogP contribution in [-0.4, -0.2) is 50.0 Å². The lowest BCUT2D eigenvalue weighted by Gasteiger charge is -2.34. The second-order valence-corrected chi connectivity index (χ2v) is 12.7. The fourth-order valence-electron chi connectivity index (χ4n) is 4.10. The van der Waals surface area contributed by atoms with Crippen molar-refractivity contribution in [2.45, 2.75) is 45.3 Å². The van der Waals surface area contributed by atoms with E-state index in [1.165, 1.54) is 11.0 Å². The maximum Gasteiger partial charge on any atom is 0.244 e. The van der Waals surface area contributed by atoms with Crippen molar-refractivity contribution in [1.29, 1.82) is 0 Å². The van der Waals surface area contributed by atoms with E-state index in [2.05, 4.69) is 5.32 Å². The lowest BCUT2D eigenvalue weighted by Crippen LogP contribution is -2.54. The Kier molecular flexibility index (Phi) is 11.4. The molecule has 0 aliphatic rings. The molecule has 3 aromatic rings. The Labute approximate surface area is 255 Å². The van der Waals surface area contributed by atoms with E-state index in [0.29, 0.717) is 12.0 Å². The number of amides is 2. The Balaban J connectivity index is 2.12. The molecule has 0 spiro atoms. The van der Waals surface area contributed by atoms with Crippen LogP contribution in [0.5, 0.6) is 0 Å². The van der Waals surface area contributed by atoms with Gasteiger partial charge in [-0.3, -0.25) is 13.9 Å². The van der Waals surface area contributed by atoms with Gasteiger partial charge >= 0.3 is 0 Å².